The average Bonchev–Trinajstić information content (AvgIpc) is 2.90. The number of benzene rings is 3. The van der Waals surface area contributed by atoms with Crippen LogP contribution in [0.25, 0.3) is 0 Å². The van der Waals surface area contributed by atoms with Gasteiger partial charge in [0.15, 0.2) is 0 Å². The number of amides is 2. The van der Waals surface area contributed by atoms with Crippen molar-refractivity contribution < 1.29 is 18.0 Å². The summed E-state index contributed by atoms with van der Waals surface area (Å²) >= 11 is 12.5. The number of nitrogens with zero attached hydrogens (tertiary/aromatic N) is 2. The number of anilines is 1. The Morgan fingerprint density at radius 3 is 2.26 bits per heavy atom. The van der Waals surface area contributed by atoms with E-state index in [0.717, 1.165) is 10.7 Å². The minimum atomic E-state index is -4.14. The Bertz CT molecular complexity index is 1380. The molecule has 10 heteroatoms. The molecule has 1 atom stereocenters. The maximum absolute atomic E-state index is 13.9. The molecule has 1 N–H and O–H groups in total. The van der Waals surface area contributed by atoms with Gasteiger partial charge in [-0.05, 0) is 67.8 Å². The fraction of sp³-hybridized carbons (Fsp3) is 0.286. The standard InChI is InChI=1S/C28H31Cl2N3O4S/c1-4-16-31-28(35)21(3)32(18-22-10-8-9-13-25(22)30)27(34)19-33(26-15-14-23(29)17-20(26)2)38(36,37)24-11-6-5-7-12-24/h5-15,17,21H,4,16,18-19H2,1-3H3,(H,31,35). The maximum Gasteiger partial charge on any atom is 0.264 e. The number of nitrogens with one attached hydrogen (secondary N) is 1. The summed E-state index contributed by atoms with van der Waals surface area (Å²) in [6.07, 6.45) is 0.732. The van der Waals surface area contributed by atoms with Gasteiger partial charge in [-0.3, -0.25) is 13.9 Å². The van der Waals surface area contributed by atoms with Crippen LogP contribution in [-0.4, -0.2) is 44.3 Å². The van der Waals surface area contributed by atoms with Crippen LogP contribution in [0.3, 0.4) is 0 Å². The van der Waals surface area contributed by atoms with Gasteiger partial charge >= 0.3 is 0 Å². The van der Waals surface area contributed by atoms with Gasteiger partial charge in [-0.1, -0.05) is 66.5 Å². The molecule has 0 aromatic heterocycles. The normalized spacial score (nSPS) is 12.0. The van der Waals surface area contributed by atoms with Gasteiger partial charge in [-0.25, -0.2) is 8.42 Å². The molecule has 0 aliphatic rings. The van der Waals surface area contributed by atoms with Gasteiger partial charge in [0, 0.05) is 23.1 Å². The predicted octanol–water partition coefficient (Wildman–Crippen LogP) is 5.44. The summed E-state index contributed by atoms with van der Waals surface area (Å²) in [7, 11) is -4.14. The molecule has 38 heavy (non-hydrogen) atoms. The van der Waals surface area contributed by atoms with E-state index in [0.29, 0.717) is 33.4 Å². The predicted molar refractivity (Wildman–Crippen MR) is 152 cm³/mol. The van der Waals surface area contributed by atoms with Crippen molar-refractivity contribution in [1.82, 2.24) is 10.2 Å². The third kappa shape index (κ3) is 7.07. The summed E-state index contributed by atoms with van der Waals surface area (Å²) in [5.41, 5.74) is 1.53. The van der Waals surface area contributed by atoms with E-state index in [1.807, 2.05) is 6.92 Å². The number of rotatable bonds is 11. The molecule has 3 rings (SSSR count). The third-order valence-electron chi connectivity index (χ3n) is 6.05. The summed E-state index contributed by atoms with van der Waals surface area (Å²) in [4.78, 5) is 28.2. The zero-order valence-electron chi connectivity index (χ0n) is 21.5. The number of aryl methyl sites for hydroxylation is 1. The largest absolute Gasteiger partial charge is 0.354 e. The van der Waals surface area contributed by atoms with Crippen LogP contribution in [0.2, 0.25) is 10.0 Å². The van der Waals surface area contributed by atoms with Crippen molar-refractivity contribution >= 4 is 50.7 Å². The van der Waals surface area contributed by atoms with E-state index < -0.39 is 28.5 Å². The average molecular weight is 577 g/mol. The second-order valence-electron chi connectivity index (χ2n) is 8.84. The van der Waals surface area contributed by atoms with Gasteiger partial charge in [0.25, 0.3) is 10.0 Å². The Morgan fingerprint density at radius 2 is 1.63 bits per heavy atom. The van der Waals surface area contributed by atoms with Crippen molar-refractivity contribution in [1.29, 1.82) is 0 Å². The number of carbonyl (C=O) groups excluding carboxylic acids is 2. The van der Waals surface area contributed by atoms with Gasteiger partial charge in [-0.2, -0.15) is 0 Å². The van der Waals surface area contributed by atoms with E-state index in [4.69, 9.17) is 23.2 Å². The van der Waals surface area contributed by atoms with Crippen LogP contribution in [0, 0.1) is 6.92 Å². The quantitative estimate of drug-likeness (QED) is 0.330. The van der Waals surface area contributed by atoms with Crippen molar-refractivity contribution in [2.45, 2.75) is 44.7 Å². The van der Waals surface area contributed by atoms with Crippen LogP contribution >= 0.6 is 23.2 Å². The van der Waals surface area contributed by atoms with Gasteiger partial charge in [0.1, 0.15) is 12.6 Å². The molecule has 3 aromatic rings. The second-order valence-corrected chi connectivity index (χ2v) is 11.5. The Kier molecular flexibility index (Phi) is 10.2. The van der Waals surface area contributed by atoms with Crippen LogP contribution in [0.5, 0.6) is 0 Å². The molecule has 0 fully saturated rings. The van der Waals surface area contributed by atoms with Crippen LogP contribution in [0.15, 0.2) is 77.7 Å². The molecule has 0 aliphatic heterocycles. The summed E-state index contributed by atoms with van der Waals surface area (Å²) in [6.45, 7) is 5.21. The molecule has 0 aliphatic carbocycles. The summed E-state index contributed by atoms with van der Waals surface area (Å²) in [6, 6.07) is 18.8. The lowest BCUT2D eigenvalue weighted by Gasteiger charge is -2.32. The van der Waals surface area contributed by atoms with Gasteiger partial charge in [-0.15, -0.1) is 0 Å². The van der Waals surface area contributed by atoms with Crippen molar-refractivity contribution in [3.8, 4) is 0 Å². The molecule has 1 unspecified atom stereocenters. The number of hydrogen-bond acceptors (Lipinski definition) is 4. The van der Waals surface area contributed by atoms with Gasteiger partial charge in [0.05, 0.1) is 10.6 Å². The highest BCUT2D eigenvalue weighted by atomic mass is 35.5. The first-order chi connectivity index (χ1) is 18.1. The van der Waals surface area contributed by atoms with Crippen molar-refractivity contribution in [2.24, 2.45) is 0 Å². The maximum atomic E-state index is 13.9. The lowest BCUT2D eigenvalue weighted by atomic mass is 10.1. The van der Waals surface area contributed by atoms with E-state index >= 15 is 0 Å². The first-order valence-electron chi connectivity index (χ1n) is 12.2. The number of sulfonamides is 1. The van der Waals surface area contributed by atoms with Crippen LogP contribution in [-0.2, 0) is 26.2 Å². The molecule has 0 radical (unpaired) electrons. The minimum Gasteiger partial charge on any atom is -0.354 e. The lowest BCUT2D eigenvalue weighted by molar-refractivity contribution is -0.139. The summed E-state index contributed by atoms with van der Waals surface area (Å²) in [5, 5.41) is 3.69. The number of carbonyl (C=O) groups is 2. The number of halogens is 2. The number of hydrogen-bond donors (Lipinski definition) is 1. The van der Waals surface area contributed by atoms with Crippen LogP contribution in [0.4, 0.5) is 5.69 Å². The van der Waals surface area contributed by atoms with E-state index in [1.165, 1.54) is 17.0 Å². The second kappa shape index (κ2) is 13.1. The zero-order valence-corrected chi connectivity index (χ0v) is 23.9. The highest BCUT2D eigenvalue weighted by molar-refractivity contribution is 7.92. The van der Waals surface area contributed by atoms with Crippen LogP contribution in [0.1, 0.15) is 31.4 Å². The molecule has 0 spiro atoms. The molecule has 3 aromatic carbocycles. The lowest BCUT2D eigenvalue weighted by Crippen LogP contribution is -2.51. The Hall–Kier alpha value is -3.07. The highest BCUT2D eigenvalue weighted by Crippen LogP contribution is 2.29. The first kappa shape index (κ1) is 29.5. The zero-order chi connectivity index (χ0) is 27.9. The Morgan fingerprint density at radius 1 is 0.974 bits per heavy atom. The topological polar surface area (TPSA) is 86.8 Å². The van der Waals surface area contributed by atoms with E-state index in [1.54, 1.807) is 74.5 Å². The molecular weight excluding hydrogens is 545 g/mol. The summed E-state index contributed by atoms with van der Waals surface area (Å²) in [5.74, 6) is -0.898. The molecule has 0 heterocycles. The molecule has 2 amide bonds. The molecule has 202 valence electrons. The smallest absolute Gasteiger partial charge is 0.264 e. The van der Waals surface area contributed by atoms with Crippen molar-refractivity contribution in [3.05, 3.63) is 94.0 Å². The summed E-state index contributed by atoms with van der Waals surface area (Å²) < 4.78 is 28.7. The third-order valence-corrected chi connectivity index (χ3v) is 8.43. The molecule has 7 nitrogen and oxygen atoms in total. The molecule has 0 bridgehead atoms. The first-order valence-corrected chi connectivity index (χ1v) is 14.4. The fourth-order valence-corrected chi connectivity index (χ4v) is 5.84. The van der Waals surface area contributed by atoms with E-state index in [-0.39, 0.29) is 17.3 Å². The monoisotopic (exact) mass is 575 g/mol. The molecular formula is C28H31Cl2N3O4S. The molecule has 0 saturated carbocycles. The SMILES string of the molecule is CCCNC(=O)C(C)N(Cc1ccccc1Cl)C(=O)CN(c1ccc(Cl)cc1C)S(=O)(=O)c1ccccc1. The van der Waals surface area contributed by atoms with Gasteiger partial charge < -0.3 is 10.2 Å². The van der Waals surface area contributed by atoms with E-state index in [9.17, 15) is 18.0 Å². The molecule has 0 saturated heterocycles. The van der Waals surface area contributed by atoms with Crippen LogP contribution < -0.4 is 9.62 Å². The fourth-order valence-electron chi connectivity index (χ4n) is 3.92. The Balaban J connectivity index is 2.05. The minimum absolute atomic E-state index is 0.0258. The Labute approximate surface area is 234 Å². The highest BCUT2D eigenvalue weighted by Gasteiger charge is 2.33. The van der Waals surface area contributed by atoms with Crippen molar-refractivity contribution in [2.75, 3.05) is 17.4 Å². The van der Waals surface area contributed by atoms with E-state index in [2.05, 4.69) is 5.32 Å². The van der Waals surface area contributed by atoms with Gasteiger partial charge in [0.2, 0.25) is 11.8 Å². The van der Waals surface area contributed by atoms with Crippen molar-refractivity contribution in [3.63, 3.8) is 0 Å².